The third-order valence-electron chi connectivity index (χ3n) is 7.51. The number of nitrogens with zero attached hydrogens (tertiary/aromatic N) is 1. The first kappa shape index (κ1) is 23.6. The van der Waals surface area contributed by atoms with Crippen molar-refractivity contribution >= 4 is 61.1 Å². The molecule has 0 radical (unpaired) electrons. The van der Waals surface area contributed by atoms with Gasteiger partial charge in [-0.25, -0.2) is 0 Å². The molecule has 0 unspecified atom stereocenters. The minimum Gasteiger partial charge on any atom is -0.310 e. The molecule has 0 N–H and O–H groups in total. The van der Waals surface area contributed by atoms with Crippen LogP contribution in [-0.2, 0) is 0 Å². The molecule has 0 amide bonds. The van der Waals surface area contributed by atoms with Crippen LogP contribution in [0.15, 0.2) is 150 Å². The van der Waals surface area contributed by atoms with Gasteiger partial charge in [-0.15, -0.1) is 11.8 Å². The van der Waals surface area contributed by atoms with Crippen molar-refractivity contribution in [2.75, 3.05) is 11.2 Å². The third kappa shape index (κ3) is 4.43. The van der Waals surface area contributed by atoms with Crippen molar-refractivity contribution in [2.45, 2.75) is 4.90 Å². The van der Waals surface area contributed by atoms with Crippen LogP contribution in [-0.4, -0.2) is 6.26 Å². The summed E-state index contributed by atoms with van der Waals surface area (Å²) in [6.07, 6.45) is 2.12. The molecule has 186 valence electrons. The zero-order chi connectivity index (χ0) is 26.2. The maximum atomic E-state index is 2.38. The van der Waals surface area contributed by atoms with Crippen LogP contribution < -0.4 is 4.90 Å². The number of thioether (sulfide) groups is 1. The fourth-order valence-corrected chi connectivity index (χ4v) is 5.93. The molecule has 7 aromatic carbocycles. The second-order valence-corrected chi connectivity index (χ2v) is 10.7. The predicted molar refractivity (Wildman–Crippen MR) is 171 cm³/mol. The molecule has 0 aliphatic rings. The van der Waals surface area contributed by atoms with E-state index in [1.54, 1.807) is 11.8 Å². The Bertz CT molecular complexity index is 1950. The van der Waals surface area contributed by atoms with E-state index in [0.29, 0.717) is 0 Å². The van der Waals surface area contributed by atoms with Gasteiger partial charge in [0.05, 0.1) is 5.69 Å². The Hall–Kier alpha value is -4.53. The van der Waals surface area contributed by atoms with Gasteiger partial charge in [0, 0.05) is 21.7 Å². The molecule has 0 saturated heterocycles. The Morgan fingerprint density at radius 1 is 0.436 bits per heavy atom. The van der Waals surface area contributed by atoms with Crippen molar-refractivity contribution in [3.63, 3.8) is 0 Å². The van der Waals surface area contributed by atoms with Crippen molar-refractivity contribution in [3.8, 4) is 11.1 Å². The highest BCUT2D eigenvalue weighted by atomic mass is 32.2. The maximum Gasteiger partial charge on any atom is 0.0540 e. The van der Waals surface area contributed by atoms with Crippen LogP contribution in [0.2, 0.25) is 0 Å². The van der Waals surface area contributed by atoms with E-state index >= 15 is 0 Å². The van der Waals surface area contributed by atoms with E-state index in [0.717, 1.165) is 11.4 Å². The lowest BCUT2D eigenvalue weighted by molar-refractivity contribution is 1.30. The van der Waals surface area contributed by atoms with Crippen LogP contribution >= 0.6 is 11.8 Å². The van der Waals surface area contributed by atoms with Crippen molar-refractivity contribution in [3.05, 3.63) is 146 Å². The maximum absolute atomic E-state index is 2.38. The highest BCUT2D eigenvalue weighted by molar-refractivity contribution is 7.98. The summed E-state index contributed by atoms with van der Waals surface area (Å²) in [5, 5.41) is 7.49. The highest BCUT2D eigenvalue weighted by Crippen LogP contribution is 2.40. The SMILES string of the molecule is CSc1ccc2cc(-c3ccc(N(c4ccc5ccccc5c4)c4cccc5ccccc45)cc3)ccc2c1. The van der Waals surface area contributed by atoms with Gasteiger partial charge in [0.15, 0.2) is 0 Å². The summed E-state index contributed by atoms with van der Waals surface area (Å²) < 4.78 is 0. The molecule has 2 heteroatoms. The second-order valence-electron chi connectivity index (χ2n) is 9.84. The van der Waals surface area contributed by atoms with E-state index in [9.17, 15) is 0 Å². The average molecular weight is 518 g/mol. The lowest BCUT2D eigenvalue weighted by Crippen LogP contribution is -2.10. The van der Waals surface area contributed by atoms with Crippen LogP contribution in [0, 0.1) is 0 Å². The Morgan fingerprint density at radius 2 is 1.05 bits per heavy atom. The Balaban J connectivity index is 1.34. The number of hydrogen-bond acceptors (Lipinski definition) is 2. The van der Waals surface area contributed by atoms with Gasteiger partial charge in [-0.3, -0.25) is 0 Å². The first-order valence-electron chi connectivity index (χ1n) is 13.2. The zero-order valence-corrected chi connectivity index (χ0v) is 22.5. The van der Waals surface area contributed by atoms with Gasteiger partial charge in [-0.05, 0) is 92.8 Å². The Kier molecular flexibility index (Phi) is 6.03. The van der Waals surface area contributed by atoms with Crippen LogP contribution in [0.1, 0.15) is 0 Å². The molecular weight excluding hydrogens is 490 g/mol. The van der Waals surface area contributed by atoms with Crippen molar-refractivity contribution in [1.29, 1.82) is 0 Å². The number of anilines is 3. The summed E-state index contributed by atoms with van der Waals surface area (Å²) in [7, 11) is 0. The topological polar surface area (TPSA) is 3.24 Å². The molecular formula is C37H27NS. The van der Waals surface area contributed by atoms with E-state index in [1.807, 2.05) is 0 Å². The molecule has 0 spiro atoms. The van der Waals surface area contributed by atoms with E-state index in [2.05, 4.69) is 157 Å². The zero-order valence-electron chi connectivity index (χ0n) is 21.7. The van der Waals surface area contributed by atoms with Gasteiger partial charge >= 0.3 is 0 Å². The van der Waals surface area contributed by atoms with Gasteiger partial charge in [0.25, 0.3) is 0 Å². The molecule has 0 aliphatic carbocycles. The normalized spacial score (nSPS) is 11.3. The fraction of sp³-hybridized carbons (Fsp3) is 0.0270. The second kappa shape index (κ2) is 9.98. The molecule has 0 aromatic heterocycles. The lowest BCUT2D eigenvalue weighted by Gasteiger charge is -2.27. The molecule has 0 atom stereocenters. The van der Waals surface area contributed by atoms with Crippen LogP contribution in [0.3, 0.4) is 0 Å². The fourth-order valence-electron chi connectivity index (χ4n) is 5.48. The summed E-state index contributed by atoms with van der Waals surface area (Å²) in [6.45, 7) is 0. The van der Waals surface area contributed by atoms with Crippen molar-refractivity contribution in [1.82, 2.24) is 0 Å². The summed E-state index contributed by atoms with van der Waals surface area (Å²) in [4.78, 5) is 3.67. The number of benzene rings is 7. The molecule has 0 heterocycles. The number of fused-ring (bicyclic) bond motifs is 3. The number of rotatable bonds is 5. The Morgan fingerprint density at radius 3 is 1.90 bits per heavy atom. The van der Waals surface area contributed by atoms with Gasteiger partial charge in [0.2, 0.25) is 0 Å². The predicted octanol–water partition coefficient (Wildman–Crippen LogP) is 11.0. The molecule has 7 rings (SSSR count). The molecule has 0 bridgehead atoms. The monoisotopic (exact) mass is 517 g/mol. The summed E-state index contributed by atoms with van der Waals surface area (Å²) in [6, 6.07) is 52.9. The van der Waals surface area contributed by atoms with Crippen molar-refractivity contribution in [2.24, 2.45) is 0 Å². The summed E-state index contributed by atoms with van der Waals surface area (Å²) in [5.74, 6) is 0. The van der Waals surface area contributed by atoms with Gasteiger partial charge in [-0.2, -0.15) is 0 Å². The standard InChI is InChI=1S/C37H27NS/c1-39-35-22-18-31-23-30(13-14-32(31)25-35)27-15-19-33(20-16-27)38(34-21-17-26-7-2-3-9-29(26)24-34)37-12-6-10-28-8-4-5-11-36(28)37/h2-25H,1H3. The average Bonchev–Trinajstić information content (AvgIpc) is 3.01. The van der Waals surface area contributed by atoms with Gasteiger partial charge in [-0.1, -0.05) is 97.1 Å². The largest absolute Gasteiger partial charge is 0.310 e. The Labute approximate surface area is 233 Å². The van der Waals surface area contributed by atoms with E-state index < -0.39 is 0 Å². The summed E-state index contributed by atoms with van der Waals surface area (Å²) in [5.41, 5.74) is 5.90. The van der Waals surface area contributed by atoms with Crippen LogP contribution in [0.5, 0.6) is 0 Å². The van der Waals surface area contributed by atoms with Gasteiger partial charge < -0.3 is 4.90 Å². The number of hydrogen-bond donors (Lipinski definition) is 0. The van der Waals surface area contributed by atoms with Gasteiger partial charge in [0.1, 0.15) is 0 Å². The minimum absolute atomic E-state index is 1.13. The van der Waals surface area contributed by atoms with E-state index in [1.165, 1.54) is 54.0 Å². The van der Waals surface area contributed by atoms with Crippen LogP contribution in [0.25, 0.3) is 43.4 Å². The first-order valence-corrected chi connectivity index (χ1v) is 14.4. The molecule has 39 heavy (non-hydrogen) atoms. The molecule has 1 nitrogen and oxygen atoms in total. The molecule has 0 aliphatic heterocycles. The minimum atomic E-state index is 1.13. The van der Waals surface area contributed by atoms with E-state index in [-0.39, 0.29) is 0 Å². The smallest absolute Gasteiger partial charge is 0.0540 e. The molecule has 0 saturated carbocycles. The lowest BCUT2D eigenvalue weighted by atomic mass is 10.0. The first-order chi connectivity index (χ1) is 19.3. The van der Waals surface area contributed by atoms with Crippen LogP contribution in [0.4, 0.5) is 17.1 Å². The summed E-state index contributed by atoms with van der Waals surface area (Å²) >= 11 is 1.78. The highest BCUT2D eigenvalue weighted by Gasteiger charge is 2.16. The molecule has 0 fully saturated rings. The third-order valence-corrected chi connectivity index (χ3v) is 8.23. The van der Waals surface area contributed by atoms with Crippen molar-refractivity contribution < 1.29 is 0 Å². The van der Waals surface area contributed by atoms with E-state index in [4.69, 9.17) is 0 Å². The quantitative estimate of drug-likeness (QED) is 0.209. The molecule has 7 aromatic rings.